The van der Waals surface area contributed by atoms with Gasteiger partial charge in [0.2, 0.25) is 0 Å². The summed E-state index contributed by atoms with van der Waals surface area (Å²) < 4.78 is 0. The van der Waals surface area contributed by atoms with Crippen LogP contribution in [0.5, 0.6) is 0 Å². The number of hydrogen-bond acceptors (Lipinski definition) is 3. The van der Waals surface area contributed by atoms with Crippen molar-refractivity contribution in [1.82, 2.24) is 9.97 Å². The van der Waals surface area contributed by atoms with Gasteiger partial charge in [0.25, 0.3) is 0 Å². The molecule has 0 N–H and O–H groups in total. The van der Waals surface area contributed by atoms with Crippen LogP contribution in [0.15, 0.2) is 12.4 Å². The quantitative estimate of drug-likeness (QED) is 0.742. The summed E-state index contributed by atoms with van der Waals surface area (Å²) in [5, 5.41) is 0. The van der Waals surface area contributed by atoms with Crippen LogP contribution in [0.3, 0.4) is 0 Å². The fourth-order valence-electron chi connectivity index (χ4n) is 3.07. The van der Waals surface area contributed by atoms with E-state index in [9.17, 15) is 0 Å². The van der Waals surface area contributed by atoms with Gasteiger partial charge in [-0.05, 0) is 32.6 Å². The molecule has 0 radical (unpaired) electrons. The molecule has 0 saturated carbocycles. The molecule has 0 amide bonds. The van der Waals surface area contributed by atoms with Crippen LogP contribution in [0.25, 0.3) is 0 Å². The van der Waals surface area contributed by atoms with Gasteiger partial charge in [0.05, 0.1) is 0 Å². The highest BCUT2D eigenvalue weighted by molar-refractivity contribution is 9.09. The highest BCUT2D eigenvalue weighted by atomic mass is 79.9. The van der Waals surface area contributed by atoms with Gasteiger partial charge in [0.1, 0.15) is 12.1 Å². The van der Waals surface area contributed by atoms with Crippen molar-refractivity contribution in [2.75, 3.05) is 4.90 Å². The lowest BCUT2D eigenvalue weighted by molar-refractivity contribution is 0.479. The first-order chi connectivity index (χ1) is 7.74. The molecule has 0 aromatic carbocycles. The van der Waals surface area contributed by atoms with Crippen LogP contribution in [0, 0.1) is 6.92 Å². The summed E-state index contributed by atoms with van der Waals surface area (Å²) >= 11 is 3.76. The average Bonchev–Trinajstić information content (AvgIpc) is 2.51. The molecule has 3 rings (SSSR count). The Labute approximate surface area is 104 Å². The van der Waals surface area contributed by atoms with Gasteiger partial charge in [-0.1, -0.05) is 15.9 Å². The van der Waals surface area contributed by atoms with E-state index in [1.165, 1.54) is 25.7 Å². The number of aromatic nitrogens is 2. The Bertz CT molecular complexity index is 382. The van der Waals surface area contributed by atoms with E-state index in [0.717, 1.165) is 11.5 Å². The van der Waals surface area contributed by atoms with Crippen LogP contribution in [-0.2, 0) is 0 Å². The Morgan fingerprint density at radius 2 is 1.94 bits per heavy atom. The van der Waals surface area contributed by atoms with Gasteiger partial charge >= 0.3 is 0 Å². The van der Waals surface area contributed by atoms with Crippen LogP contribution in [0.2, 0.25) is 0 Å². The van der Waals surface area contributed by atoms with Crippen LogP contribution >= 0.6 is 15.9 Å². The Kier molecular flexibility index (Phi) is 2.62. The fourth-order valence-corrected chi connectivity index (χ4v) is 3.93. The zero-order valence-corrected chi connectivity index (χ0v) is 11.0. The maximum Gasteiger partial charge on any atom is 0.132 e. The third-order valence-corrected chi connectivity index (χ3v) is 4.48. The van der Waals surface area contributed by atoms with Gasteiger partial charge in [-0.2, -0.15) is 0 Å². The smallest absolute Gasteiger partial charge is 0.132 e. The molecular formula is C12H16BrN3. The second-order valence-electron chi connectivity index (χ2n) is 4.88. The second-order valence-corrected chi connectivity index (χ2v) is 6.17. The molecule has 0 aliphatic carbocycles. The molecule has 2 aliphatic heterocycles. The summed E-state index contributed by atoms with van der Waals surface area (Å²) in [6.07, 6.45) is 6.81. The molecule has 3 heterocycles. The van der Waals surface area contributed by atoms with Crippen molar-refractivity contribution in [3.8, 4) is 0 Å². The Morgan fingerprint density at radius 3 is 2.56 bits per heavy atom. The molecule has 2 unspecified atom stereocenters. The molecule has 86 valence electrons. The van der Waals surface area contributed by atoms with Crippen molar-refractivity contribution >= 4 is 21.7 Å². The zero-order valence-electron chi connectivity index (χ0n) is 9.43. The third-order valence-electron chi connectivity index (χ3n) is 3.73. The average molecular weight is 282 g/mol. The molecule has 2 bridgehead atoms. The van der Waals surface area contributed by atoms with E-state index in [2.05, 4.69) is 36.9 Å². The molecule has 3 nitrogen and oxygen atoms in total. The van der Waals surface area contributed by atoms with Gasteiger partial charge in [0.15, 0.2) is 0 Å². The summed E-state index contributed by atoms with van der Waals surface area (Å²) in [7, 11) is 0. The minimum absolute atomic E-state index is 0.678. The molecule has 1 aromatic rings. The molecule has 16 heavy (non-hydrogen) atoms. The number of fused-ring (bicyclic) bond motifs is 2. The van der Waals surface area contributed by atoms with Gasteiger partial charge in [-0.25, -0.2) is 9.97 Å². The molecule has 2 atom stereocenters. The number of anilines is 1. The molecule has 2 aliphatic rings. The summed E-state index contributed by atoms with van der Waals surface area (Å²) in [6.45, 7) is 2.03. The van der Waals surface area contributed by atoms with Crippen molar-refractivity contribution < 1.29 is 0 Å². The SMILES string of the molecule is Cc1cc(N2C3CCC2CC(Br)C3)ncn1. The van der Waals surface area contributed by atoms with Gasteiger partial charge in [-0.3, -0.25) is 0 Å². The predicted molar refractivity (Wildman–Crippen MR) is 68.0 cm³/mol. The van der Waals surface area contributed by atoms with Crippen molar-refractivity contribution in [3.63, 3.8) is 0 Å². The van der Waals surface area contributed by atoms with E-state index in [4.69, 9.17) is 0 Å². The maximum atomic E-state index is 4.43. The number of hydrogen-bond donors (Lipinski definition) is 0. The Balaban J connectivity index is 1.91. The summed E-state index contributed by atoms with van der Waals surface area (Å²) in [4.78, 5) is 11.8. The van der Waals surface area contributed by atoms with E-state index >= 15 is 0 Å². The Hall–Kier alpha value is -0.640. The largest absolute Gasteiger partial charge is 0.350 e. The van der Waals surface area contributed by atoms with Crippen molar-refractivity contribution in [2.24, 2.45) is 0 Å². The predicted octanol–water partition coefficient (Wildman–Crippen LogP) is 2.68. The summed E-state index contributed by atoms with van der Waals surface area (Å²) in [5.41, 5.74) is 1.06. The van der Waals surface area contributed by atoms with Crippen LogP contribution in [0.4, 0.5) is 5.82 Å². The lowest BCUT2D eigenvalue weighted by atomic mass is 10.0. The number of nitrogens with zero attached hydrogens (tertiary/aromatic N) is 3. The summed E-state index contributed by atoms with van der Waals surface area (Å²) in [6, 6.07) is 3.47. The van der Waals surface area contributed by atoms with Crippen LogP contribution in [0.1, 0.15) is 31.4 Å². The number of piperidine rings is 1. The second kappa shape index (κ2) is 3.99. The van der Waals surface area contributed by atoms with Crippen molar-refractivity contribution in [2.45, 2.75) is 49.5 Å². The molecule has 2 saturated heterocycles. The van der Waals surface area contributed by atoms with E-state index in [1.807, 2.05) is 6.92 Å². The summed E-state index contributed by atoms with van der Waals surface area (Å²) in [5.74, 6) is 1.12. The molecule has 4 heteroatoms. The first kappa shape index (κ1) is 10.5. The zero-order chi connectivity index (χ0) is 11.1. The number of halogens is 1. The first-order valence-electron chi connectivity index (χ1n) is 5.95. The normalized spacial score (nSPS) is 33.1. The van der Waals surface area contributed by atoms with E-state index in [1.54, 1.807) is 6.33 Å². The lowest BCUT2D eigenvalue weighted by Crippen LogP contribution is -2.43. The molecular weight excluding hydrogens is 266 g/mol. The topological polar surface area (TPSA) is 29.0 Å². The van der Waals surface area contributed by atoms with E-state index in [-0.39, 0.29) is 0 Å². The number of rotatable bonds is 1. The third kappa shape index (κ3) is 1.73. The van der Waals surface area contributed by atoms with E-state index < -0.39 is 0 Å². The first-order valence-corrected chi connectivity index (χ1v) is 6.86. The minimum Gasteiger partial charge on any atom is -0.350 e. The van der Waals surface area contributed by atoms with Crippen molar-refractivity contribution in [3.05, 3.63) is 18.1 Å². The standard InChI is InChI=1S/C12H16BrN3/c1-8-4-12(15-7-14-8)16-10-2-3-11(16)6-9(13)5-10/h4,7,9-11H,2-3,5-6H2,1H3. The minimum atomic E-state index is 0.678. The van der Waals surface area contributed by atoms with Crippen LogP contribution < -0.4 is 4.90 Å². The number of alkyl halides is 1. The molecule has 2 fully saturated rings. The van der Waals surface area contributed by atoms with E-state index in [0.29, 0.717) is 16.9 Å². The monoisotopic (exact) mass is 281 g/mol. The van der Waals surface area contributed by atoms with Crippen molar-refractivity contribution in [1.29, 1.82) is 0 Å². The molecule has 0 spiro atoms. The fraction of sp³-hybridized carbons (Fsp3) is 0.667. The molecule has 1 aromatic heterocycles. The highest BCUT2D eigenvalue weighted by Gasteiger charge is 2.40. The Morgan fingerprint density at radius 1 is 1.25 bits per heavy atom. The van der Waals surface area contributed by atoms with Gasteiger partial charge in [-0.15, -0.1) is 0 Å². The van der Waals surface area contributed by atoms with Gasteiger partial charge in [0, 0.05) is 28.7 Å². The van der Waals surface area contributed by atoms with Crippen LogP contribution in [-0.4, -0.2) is 26.9 Å². The number of aryl methyl sites for hydroxylation is 1. The maximum absolute atomic E-state index is 4.43. The lowest BCUT2D eigenvalue weighted by Gasteiger charge is -2.38. The highest BCUT2D eigenvalue weighted by Crippen LogP contribution is 2.40. The van der Waals surface area contributed by atoms with Gasteiger partial charge < -0.3 is 4.90 Å².